The van der Waals surface area contributed by atoms with E-state index in [1.807, 2.05) is 0 Å². The van der Waals surface area contributed by atoms with Crippen LogP contribution in [-0.2, 0) is 19.1 Å². The molecule has 0 bridgehead atoms. The second kappa shape index (κ2) is 45.5. The second-order valence-electron chi connectivity index (χ2n) is 15.8. The first-order valence-corrected chi connectivity index (χ1v) is 23.5. The lowest BCUT2D eigenvalue weighted by Crippen LogP contribution is -2.28. The zero-order chi connectivity index (χ0) is 39.3. The molecule has 0 fully saturated rings. The minimum atomic E-state index is -0.771. The molecule has 0 aromatic carbocycles. The van der Waals surface area contributed by atoms with Gasteiger partial charge < -0.3 is 14.6 Å². The van der Waals surface area contributed by atoms with Crippen molar-refractivity contribution in [1.82, 2.24) is 0 Å². The Labute approximate surface area is 336 Å². The zero-order valence-corrected chi connectivity index (χ0v) is 36.0. The fraction of sp³-hybridized carbons (Fsp3) is 0.837. The number of unbranched alkanes of at least 4 members (excludes halogenated alkanes) is 29. The number of aliphatic hydroxyl groups excluding tert-OH is 1. The van der Waals surface area contributed by atoms with Crippen LogP contribution in [0.5, 0.6) is 0 Å². The molecule has 54 heavy (non-hydrogen) atoms. The standard InChI is InChI=1S/C49H90O5/c1-3-5-7-9-11-13-15-16-17-18-19-20-21-22-23-24-25-26-27-28-29-30-31-32-34-36-38-40-42-44-49(52)54-47(45-50)46-53-48(51)43-41-39-37-35-33-14-12-10-8-6-4-2/h10,12,15-16,18-19,47,50H,3-9,11,13-14,17,20-46H2,1-2H3/b12-10-,16-15-,19-18-. The molecule has 1 unspecified atom stereocenters. The third-order valence-electron chi connectivity index (χ3n) is 10.4. The van der Waals surface area contributed by atoms with E-state index in [2.05, 4.69) is 50.3 Å². The van der Waals surface area contributed by atoms with E-state index in [0.717, 1.165) is 51.4 Å². The van der Waals surface area contributed by atoms with E-state index in [-0.39, 0.29) is 25.2 Å². The van der Waals surface area contributed by atoms with Crippen LogP contribution in [0.3, 0.4) is 0 Å². The molecule has 0 rings (SSSR count). The topological polar surface area (TPSA) is 72.8 Å². The van der Waals surface area contributed by atoms with Crippen LogP contribution in [0.4, 0.5) is 0 Å². The number of carbonyl (C=O) groups is 2. The van der Waals surface area contributed by atoms with Gasteiger partial charge in [-0.05, 0) is 64.2 Å². The van der Waals surface area contributed by atoms with Crippen molar-refractivity contribution < 1.29 is 24.2 Å². The van der Waals surface area contributed by atoms with Crippen LogP contribution in [0.2, 0.25) is 0 Å². The largest absolute Gasteiger partial charge is 0.462 e. The van der Waals surface area contributed by atoms with E-state index in [9.17, 15) is 14.7 Å². The van der Waals surface area contributed by atoms with E-state index in [1.165, 1.54) is 167 Å². The summed E-state index contributed by atoms with van der Waals surface area (Å²) in [6.45, 7) is 4.09. The molecule has 0 aromatic rings. The molecule has 0 aliphatic heterocycles. The van der Waals surface area contributed by atoms with Gasteiger partial charge in [0.05, 0.1) is 6.61 Å². The summed E-state index contributed by atoms with van der Waals surface area (Å²) in [4.78, 5) is 24.3. The Morgan fingerprint density at radius 3 is 1.17 bits per heavy atom. The van der Waals surface area contributed by atoms with E-state index in [4.69, 9.17) is 9.47 Å². The van der Waals surface area contributed by atoms with Gasteiger partial charge in [-0.3, -0.25) is 9.59 Å². The summed E-state index contributed by atoms with van der Waals surface area (Å²) < 4.78 is 10.6. The van der Waals surface area contributed by atoms with Crippen LogP contribution in [0.1, 0.15) is 245 Å². The normalized spacial score (nSPS) is 12.4. The highest BCUT2D eigenvalue weighted by molar-refractivity contribution is 5.70. The molecular weight excluding hydrogens is 669 g/mol. The van der Waals surface area contributed by atoms with Crippen molar-refractivity contribution in [1.29, 1.82) is 0 Å². The average molecular weight is 759 g/mol. The second-order valence-corrected chi connectivity index (χ2v) is 15.8. The number of rotatable bonds is 43. The summed E-state index contributed by atoms with van der Waals surface area (Å²) in [5.74, 6) is -0.595. The first-order chi connectivity index (χ1) is 26.6. The van der Waals surface area contributed by atoms with Crippen molar-refractivity contribution in [2.45, 2.75) is 251 Å². The van der Waals surface area contributed by atoms with Gasteiger partial charge in [0.2, 0.25) is 0 Å². The molecule has 0 aliphatic carbocycles. The summed E-state index contributed by atoms with van der Waals surface area (Å²) >= 11 is 0. The number of ether oxygens (including phenoxy) is 2. The number of aliphatic hydroxyl groups is 1. The van der Waals surface area contributed by atoms with Crippen LogP contribution >= 0.6 is 0 Å². The fourth-order valence-electron chi connectivity index (χ4n) is 6.80. The van der Waals surface area contributed by atoms with Crippen LogP contribution < -0.4 is 0 Å². The summed E-state index contributed by atoms with van der Waals surface area (Å²) in [7, 11) is 0. The van der Waals surface area contributed by atoms with Gasteiger partial charge in [-0.15, -0.1) is 0 Å². The SMILES string of the molecule is CCCC/C=C\CCCCCCCC(=O)OCC(CO)OC(=O)CCCCCCCCCCCCCCCCCCC/C=C\C/C=C\CCCCCCC. The van der Waals surface area contributed by atoms with Gasteiger partial charge in [0.1, 0.15) is 6.61 Å². The molecule has 0 amide bonds. The molecule has 316 valence electrons. The van der Waals surface area contributed by atoms with Crippen molar-refractivity contribution >= 4 is 11.9 Å². The first kappa shape index (κ1) is 52.1. The van der Waals surface area contributed by atoms with Crippen molar-refractivity contribution in [3.63, 3.8) is 0 Å². The lowest BCUT2D eigenvalue weighted by Gasteiger charge is -2.15. The van der Waals surface area contributed by atoms with Crippen LogP contribution in [0.25, 0.3) is 0 Å². The molecule has 5 nitrogen and oxygen atoms in total. The predicted molar refractivity (Wildman–Crippen MR) is 233 cm³/mol. The number of carbonyl (C=O) groups excluding carboxylic acids is 2. The average Bonchev–Trinajstić information content (AvgIpc) is 3.17. The Balaban J connectivity index is 3.43. The molecule has 0 aromatic heterocycles. The predicted octanol–water partition coefficient (Wildman–Crippen LogP) is 15.2. The molecule has 0 saturated heterocycles. The molecule has 0 spiro atoms. The van der Waals surface area contributed by atoms with Crippen molar-refractivity contribution in [2.24, 2.45) is 0 Å². The molecule has 1 N–H and O–H groups in total. The quantitative estimate of drug-likeness (QED) is 0.0381. The molecule has 1 atom stereocenters. The number of allylic oxidation sites excluding steroid dienone is 6. The van der Waals surface area contributed by atoms with E-state index >= 15 is 0 Å². The third-order valence-corrected chi connectivity index (χ3v) is 10.4. The minimum Gasteiger partial charge on any atom is -0.462 e. The van der Waals surface area contributed by atoms with Gasteiger partial charge in [-0.1, -0.05) is 204 Å². The Kier molecular flexibility index (Phi) is 43.9. The van der Waals surface area contributed by atoms with E-state index < -0.39 is 6.10 Å². The van der Waals surface area contributed by atoms with Crippen LogP contribution in [0.15, 0.2) is 36.5 Å². The maximum absolute atomic E-state index is 12.2. The lowest BCUT2D eigenvalue weighted by molar-refractivity contribution is -0.161. The van der Waals surface area contributed by atoms with Gasteiger partial charge >= 0.3 is 11.9 Å². The monoisotopic (exact) mass is 759 g/mol. The van der Waals surface area contributed by atoms with Crippen molar-refractivity contribution in [2.75, 3.05) is 13.2 Å². The van der Waals surface area contributed by atoms with Gasteiger partial charge in [-0.25, -0.2) is 0 Å². The number of hydrogen-bond donors (Lipinski definition) is 1. The highest BCUT2D eigenvalue weighted by Gasteiger charge is 2.16. The van der Waals surface area contributed by atoms with Gasteiger partial charge in [0, 0.05) is 12.8 Å². The Bertz CT molecular complexity index is 862. The van der Waals surface area contributed by atoms with Crippen LogP contribution in [0, 0.1) is 0 Å². The van der Waals surface area contributed by atoms with Gasteiger partial charge in [0.25, 0.3) is 0 Å². The van der Waals surface area contributed by atoms with Gasteiger partial charge in [0.15, 0.2) is 6.10 Å². The molecule has 0 saturated carbocycles. The Hall–Kier alpha value is -1.88. The van der Waals surface area contributed by atoms with Gasteiger partial charge in [-0.2, -0.15) is 0 Å². The minimum absolute atomic E-state index is 0.0674. The summed E-state index contributed by atoms with van der Waals surface area (Å²) in [5.41, 5.74) is 0. The lowest BCUT2D eigenvalue weighted by atomic mass is 10.0. The third kappa shape index (κ3) is 42.9. The maximum atomic E-state index is 12.2. The smallest absolute Gasteiger partial charge is 0.306 e. The zero-order valence-electron chi connectivity index (χ0n) is 36.0. The number of hydrogen-bond acceptors (Lipinski definition) is 5. The van der Waals surface area contributed by atoms with Crippen LogP contribution in [-0.4, -0.2) is 36.4 Å². The Morgan fingerprint density at radius 2 is 0.759 bits per heavy atom. The Morgan fingerprint density at radius 1 is 0.426 bits per heavy atom. The highest BCUT2D eigenvalue weighted by atomic mass is 16.6. The van der Waals surface area contributed by atoms with Crippen molar-refractivity contribution in [3.8, 4) is 0 Å². The van der Waals surface area contributed by atoms with E-state index in [1.54, 1.807) is 0 Å². The number of esters is 2. The molecule has 0 heterocycles. The molecule has 0 aliphatic rings. The summed E-state index contributed by atoms with van der Waals surface area (Å²) in [6, 6.07) is 0. The molecular formula is C49H90O5. The summed E-state index contributed by atoms with van der Waals surface area (Å²) in [5, 5.41) is 9.57. The highest BCUT2D eigenvalue weighted by Crippen LogP contribution is 2.16. The first-order valence-electron chi connectivity index (χ1n) is 23.5. The summed E-state index contributed by atoms with van der Waals surface area (Å²) in [6.07, 6.45) is 56.7. The van der Waals surface area contributed by atoms with Crippen molar-refractivity contribution in [3.05, 3.63) is 36.5 Å². The molecule has 5 heteroatoms. The van der Waals surface area contributed by atoms with E-state index in [0.29, 0.717) is 12.8 Å². The maximum Gasteiger partial charge on any atom is 0.306 e. The molecule has 0 radical (unpaired) electrons. The fourth-order valence-corrected chi connectivity index (χ4v) is 6.80.